The molecule has 90 valence electrons. The fourth-order valence-corrected chi connectivity index (χ4v) is 2.28. The maximum atomic E-state index is 5.97. The van der Waals surface area contributed by atoms with Crippen LogP contribution in [0, 0.1) is 6.92 Å². The van der Waals surface area contributed by atoms with Gasteiger partial charge >= 0.3 is 0 Å². The fraction of sp³-hybridized carbons (Fsp3) is 0.133. The molecule has 0 aliphatic heterocycles. The summed E-state index contributed by atoms with van der Waals surface area (Å²) < 4.78 is 2.08. The van der Waals surface area contributed by atoms with Crippen LogP contribution in [0.5, 0.6) is 0 Å². The number of benzene rings is 2. The van der Waals surface area contributed by atoms with Gasteiger partial charge in [0.2, 0.25) is 0 Å². The molecule has 0 saturated heterocycles. The molecule has 3 nitrogen and oxygen atoms in total. The van der Waals surface area contributed by atoms with Gasteiger partial charge in [-0.2, -0.15) is 0 Å². The average molecular weight is 237 g/mol. The number of hydrogen-bond acceptors (Lipinski definition) is 2. The van der Waals surface area contributed by atoms with Gasteiger partial charge in [0.1, 0.15) is 11.3 Å². The maximum absolute atomic E-state index is 5.97. The Hall–Kier alpha value is -2.29. The third kappa shape index (κ3) is 1.56. The number of aromatic nitrogens is 2. The van der Waals surface area contributed by atoms with E-state index < -0.39 is 0 Å². The Morgan fingerprint density at radius 2 is 1.89 bits per heavy atom. The minimum Gasteiger partial charge on any atom is -0.397 e. The molecule has 3 rings (SSSR count). The van der Waals surface area contributed by atoms with E-state index in [0.29, 0.717) is 0 Å². The van der Waals surface area contributed by atoms with Crippen LogP contribution >= 0.6 is 0 Å². The Kier molecular flexibility index (Phi) is 2.33. The molecule has 0 aliphatic carbocycles. The van der Waals surface area contributed by atoms with Gasteiger partial charge in [0, 0.05) is 12.6 Å². The summed E-state index contributed by atoms with van der Waals surface area (Å²) in [7, 11) is 2.02. The van der Waals surface area contributed by atoms with Crippen molar-refractivity contribution in [3.05, 3.63) is 48.0 Å². The number of anilines is 1. The van der Waals surface area contributed by atoms with Gasteiger partial charge in [0.25, 0.3) is 0 Å². The van der Waals surface area contributed by atoms with E-state index in [9.17, 15) is 0 Å². The molecule has 0 aliphatic rings. The number of aryl methyl sites for hydroxylation is 2. The fourth-order valence-electron chi connectivity index (χ4n) is 2.28. The summed E-state index contributed by atoms with van der Waals surface area (Å²) in [5.74, 6) is 0.951. The second kappa shape index (κ2) is 3.88. The quantitative estimate of drug-likeness (QED) is 0.661. The lowest BCUT2D eigenvalue weighted by Gasteiger charge is -2.03. The smallest absolute Gasteiger partial charge is 0.140 e. The largest absolute Gasteiger partial charge is 0.397 e. The van der Waals surface area contributed by atoms with Gasteiger partial charge in [0.15, 0.2) is 0 Å². The third-order valence-electron chi connectivity index (χ3n) is 3.22. The van der Waals surface area contributed by atoms with Crippen LogP contribution in [0.2, 0.25) is 0 Å². The number of imidazole rings is 1. The molecule has 0 unspecified atom stereocenters. The van der Waals surface area contributed by atoms with Crippen LogP contribution < -0.4 is 5.73 Å². The molecule has 0 atom stereocenters. The summed E-state index contributed by atoms with van der Waals surface area (Å²) in [6, 6.07) is 14.2. The van der Waals surface area contributed by atoms with Gasteiger partial charge in [-0.25, -0.2) is 4.98 Å². The second-order valence-corrected chi connectivity index (χ2v) is 4.58. The molecule has 0 radical (unpaired) electrons. The van der Waals surface area contributed by atoms with Crippen LogP contribution in [0.1, 0.15) is 5.56 Å². The van der Waals surface area contributed by atoms with Gasteiger partial charge in [-0.1, -0.05) is 29.8 Å². The van der Waals surface area contributed by atoms with E-state index in [0.717, 1.165) is 28.1 Å². The highest BCUT2D eigenvalue weighted by Gasteiger charge is 2.11. The van der Waals surface area contributed by atoms with Crippen LogP contribution in [0.4, 0.5) is 5.69 Å². The zero-order valence-corrected chi connectivity index (χ0v) is 10.5. The van der Waals surface area contributed by atoms with Crippen LogP contribution in [0.15, 0.2) is 42.5 Å². The van der Waals surface area contributed by atoms with E-state index >= 15 is 0 Å². The first-order valence-corrected chi connectivity index (χ1v) is 5.95. The highest BCUT2D eigenvalue weighted by atomic mass is 15.1. The monoisotopic (exact) mass is 237 g/mol. The third-order valence-corrected chi connectivity index (χ3v) is 3.22. The molecule has 0 spiro atoms. The number of rotatable bonds is 1. The first-order chi connectivity index (χ1) is 8.66. The molecule has 3 aromatic rings. The standard InChI is InChI=1S/C15H15N3/c1-10-5-3-6-11(9-10)15-17-14-12(16)7-4-8-13(14)18(15)2/h3-9H,16H2,1-2H3. The molecule has 2 aromatic carbocycles. The maximum Gasteiger partial charge on any atom is 0.140 e. The highest BCUT2D eigenvalue weighted by Crippen LogP contribution is 2.27. The van der Waals surface area contributed by atoms with Crippen LogP contribution in [0.3, 0.4) is 0 Å². The van der Waals surface area contributed by atoms with Gasteiger partial charge in [-0.15, -0.1) is 0 Å². The van der Waals surface area contributed by atoms with Crippen LogP contribution in [0.25, 0.3) is 22.4 Å². The molecule has 1 heterocycles. The zero-order valence-electron chi connectivity index (χ0n) is 10.5. The Morgan fingerprint density at radius 1 is 1.11 bits per heavy atom. The normalized spacial score (nSPS) is 11.0. The van der Waals surface area contributed by atoms with Crippen molar-refractivity contribution in [3.63, 3.8) is 0 Å². The summed E-state index contributed by atoms with van der Waals surface area (Å²) >= 11 is 0. The summed E-state index contributed by atoms with van der Waals surface area (Å²) in [6.07, 6.45) is 0. The topological polar surface area (TPSA) is 43.8 Å². The Labute approximate surface area is 106 Å². The van der Waals surface area contributed by atoms with E-state index in [4.69, 9.17) is 5.73 Å². The lowest BCUT2D eigenvalue weighted by atomic mass is 10.1. The SMILES string of the molecule is Cc1cccc(-c2nc3c(N)cccc3n2C)c1. The molecular formula is C15H15N3. The molecule has 3 heteroatoms. The average Bonchev–Trinajstić information content (AvgIpc) is 2.69. The predicted octanol–water partition coefficient (Wildman–Crippen LogP) is 3.13. The number of nitrogens with two attached hydrogens (primary N) is 1. The number of nitrogens with zero attached hydrogens (tertiary/aromatic N) is 2. The van der Waals surface area contributed by atoms with Crippen LogP contribution in [-0.2, 0) is 7.05 Å². The van der Waals surface area contributed by atoms with Gasteiger partial charge in [-0.3, -0.25) is 0 Å². The van der Waals surface area contributed by atoms with E-state index in [2.05, 4.69) is 34.7 Å². The summed E-state index contributed by atoms with van der Waals surface area (Å²) in [5.41, 5.74) is 11.0. The lowest BCUT2D eigenvalue weighted by molar-refractivity contribution is 0.959. The Balaban J connectivity index is 2.30. The van der Waals surface area contributed by atoms with E-state index in [1.54, 1.807) is 0 Å². The highest BCUT2D eigenvalue weighted by molar-refractivity contribution is 5.90. The first kappa shape index (κ1) is 10.8. The first-order valence-electron chi connectivity index (χ1n) is 5.95. The molecule has 2 N–H and O–H groups in total. The molecule has 0 bridgehead atoms. The molecule has 1 aromatic heterocycles. The van der Waals surface area contributed by atoms with Crippen molar-refractivity contribution in [3.8, 4) is 11.4 Å². The number of para-hydroxylation sites is 1. The van der Waals surface area contributed by atoms with E-state index in [-0.39, 0.29) is 0 Å². The summed E-state index contributed by atoms with van der Waals surface area (Å²) in [5, 5.41) is 0. The van der Waals surface area contributed by atoms with E-state index in [1.807, 2.05) is 31.3 Å². The molecular weight excluding hydrogens is 222 g/mol. The summed E-state index contributed by atoms with van der Waals surface area (Å²) in [4.78, 5) is 4.66. The van der Waals surface area contributed by atoms with Gasteiger partial charge < -0.3 is 10.3 Å². The molecule has 0 fully saturated rings. The molecule has 0 saturated carbocycles. The van der Waals surface area contributed by atoms with Crippen molar-refractivity contribution in [1.29, 1.82) is 0 Å². The van der Waals surface area contributed by atoms with Gasteiger partial charge in [0.05, 0.1) is 11.2 Å². The van der Waals surface area contributed by atoms with Crippen molar-refractivity contribution in [1.82, 2.24) is 9.55 Å². The van der Waals surface area contributed by atoms with Crippen molar-refractivity contribution < 1.29 is 0 Å². The minimum absolute atomic E-state index is 0.724. The minimum atomic E-state index is 0.724. The molecule has 18 heavy (non-hydrogen) atoms. The zero-order chi connectivity index (χ0) is 12.7. The van der Waals surface area contributed by atoms with E-state index in [1.165, 1.54) is 5.56 Å². The lowest BCUT2D eigenvalue weighted by Crippen LogP contribution is -1.92. The number of hydrogen-bond donors (Lipinski definition) is 1. The Morgan fingerprint density at radius 3 is 2.61 bits per heavy atom. The van der Waals surface area contributed by atoms with Gasteiger partial charge in [-0.05, 0) is 25.1 Å². The van der Waals surface area contributed by atoms with Crippen molar-refractivity contribution >= 4 is 16.7 Å². The van der Waals surface area contributed by atoms with Crippen LogP contribution in [-0.4, -0.2) is 9.55 Å². The Bertz CT molecular complexity index is 726. The van der Waals surface area contributed by atoms with Crippen molar-refractivity contribution in [2.45, 2.75) is 6.92 Å². The second-order valence-electron chi connectivity index (χ2n) is 4.58. The predicted molar refractivity (Wildman–Crippen MR) is 75.3 cm³/mol. The van der Waals surface area contributed by atoms with Crippen molar-refractivity contribution in [2.24, 2.45) is 7.05 Å². The van der Waals surface area contributed by atoms with Crippen molar-refractivity contribution in [2.75, 3.05) is 5.73 Å². The number of nitrogen functional groups attached to an aromatic ring is 1. The molecule has 0 amide bonds. The number of fused-ring (bicyclic) bond motifs is 1. The summed E-state index contributed by atoms with van der Waals surface area (Å²) in [6.45, 7) is 2.08.